The van der Waals surface area contributed by atoms with E-state index in [0.29, 0.717) is 6.54 Å². The summed E-state index contributed by atoms with van der Waals surface area (Å²) in [4.78, 5) is 15.0. The van der Waals surface area contributed by atoms with E-state index in [1.807, 2.05) is 25.1 Å². The zero-order valence-corrected chi connectivity index (χ0v) is 15.4. The molecule has 3 rings (SSSR count). The van der Waals surface area contributed by atoms with Gasteiger partial charge in [0.15, 0.2) is 0 Å². The first kappa shape index (κ1) is 16.9. The number of amides is 1. The molecule has 1 aliphatic heterocycles. The second-order valence-corrected chi connectivity index (χ2v) is 7.81. The number of hydrogen-bond acceptors (Lipinski definition) is 3. The Hall–Kier alpha value is -0.910. The standard InChI is InChI=1S/C18H26BrN3O/c1-14-11-15(19)5-6-16(14)21-17(23)12-22-10-9-20-13-18(22)7-3-2-4-8-18/h5-6,11,20H,2-4,7-10,12-13H2,1H3,(H,21,23). The minimum absolute atomic E-state index is 0.0993. The molecule has 1 aromatic rings. The summed E-state index contributed by atoms with van der Waals surface area (Å²) in [5, 5.41) is 6.62. The highest BCUT2D eigenvalue weighted by Gasteiger charge is 2.40. The van der Waals surface area contributed by atoms with Crippen LogP contribution < -0.4 is 10.6 Å². The van der Waals surface area contributed by atoms with Crippen molar-refractivity contribution in [2.24, 2.45) is 0 Å². The number of rotatable bonds is 3. The lowest BCUT2D eigenvalue weighted by Crippen LogP contribution is -2.63. The molecule has 1 heterocycles. The van der Waals surface area contributed by atoms with Crippen LogP contribution in [-0.4, -0.2) is 42.5 Å². The number of carbonyl (C=O) groups excluding carboxylic acids is 1. The first-order valence-corrected chi connectivity index (χ1v) is 9.40. The number of halogens is 1. The fraction of sp³-hybridized carbons (Fsp3) is 0.611. The van der Waals surface area contributed by atoms with Gasteiger partial charge in [-0.2, -0.15) is 0 Å². The van der Waals surface area contributed by atoms with Gasteiger partial charge in [-0.05, 0) is 43.5 Å². The van der Waals surface area contributed by atoms with Crippen molar-refractivity contribution >= 4 is 27.5 Å². The lowest BCUT2D eigenvalue weighted by atomic mass is 9.79. The van der Waals surface area contributed by atoms with Crippen LogP contribution in [-0.2, 0) is 4.79 Å². The molecule has 126 valence electrons. The van der Waals surface area contributed by atoms with E-state index in [2.05, 4.69) is 31.5 Å². The highest BCUT2D eigenvalue weighted by atomic mass is 79.9. The van der Waals surface area contributed by atoms with E-state index in [1.54, 1.807) is 0 Å². The number of nitrogens with one attached hydrogen (secondary N) is 2. The summed E-state index contributed by atoms with van der Waals surface area (Å²) < 4.78 is 1.04. The number of nitrogens with zero attached hydrogens (tertiary/aromatic N) is 1. The topological polar surface area (TPSA) is 44.4 Å². The van der Waals surface area contributed by atoms with Crippen molar-refractivity contribution in [3.63, 3.8) is 0 Å². The van der Waals surface area contributed by atoms with Crippen LogP contribution >= 0.6 is 15.9 Å². The summed E-state index contributed by atoms with van der Waals surface area (Å²) in [5.74, 6) is 0.0993. The van der Waals surface area contributed by atoms with Crippen LogP contribution in [0.15, 0.2) is 22.7 Å². The molecule has 23 heavy (non-hydrogen) atoms. The number of hydrogen-bond donors (Lipinski definition) is 2. The third kappa shape index (κ3) is 3.95. The maximum absolute atomic E-state index is 12.6. The van der Waals surface area contributed by atoms with Crippen molar-refractivity contribution in [3.05, 3.63) is 28.2 Å². The zero-order valence-electron chi connectivity index (χ0n) is 13.8. The van der Waals surface area contributed by atoms with Gasteiger partial charge in [0.1, 0.15) is 0 Å². The highest BCUT2D eigenvalue weighted by Crippen LogP contribution is 2.34. The van der Waals surface area contributed by atoms with E-state index < -0.39 is 0 Å². The van der Waals surface area contributed by atoms with E-state index in [0.717, 1.165) is 35.4 Å². The Morgan fingerprint density at radius 3 is 2.87 bits per heavy atom. The van der Waals surface area contributed by atoms with Gasteiger partial charge in [0.05, 0.1) is 6.54 Å². The van der Waals surface area contributed by atoms with Gasteiger partial charge in [-0.3, -0.25) is 9.69 Å². The van der Waals surface area contributed by atoms with E-state index in [1.165, 1.54) is 32.1 Å². The van der Waals surface area contributed by atoms with Crippen molar-refractivity contribution in [1.82, 2.24) is 10.2 Å². The maximum Gasteiger partial charge on any atom is 0.238 e. The van der Waals surface area contributed by atoms with Gasteiger partial charge in [-0.25, -0.2) is 0 Å². The van der Waals surface area contributed by atoms with Gasteiger partial charge in [0.25, 0.3) is 0 Å². The third-order valence-corrected chi connectivity index (χ3v) is 5.76. The first-order valence-electron chi connectivity index (χ1n) is 8.61. The molecule has 1 spiro atoms. The number of aryl methyl sites for hydroxylation is 1. The van der Waals surface area contributed by atoms with Crippen LogP contribution in [0.4, 0.5) is 5.69 Å². The third-order valence-electron chi connectivity index (χ3n) is 5.26. The summed E-state index contributed by atoms with van der Waals surface area (Å²) in [5.41, 5.74) is 2.19. The summed E-state index contributed by atoms with van der Waals surface area (Å²) >= 11 is 3.46. The lowest BCUT2D eigenvalue weighted by molar-refractivity contribution is -0.120. The van der Waals surface area contributed by atoms with E-state index >= 15 is 0 Å². The quantitative estimate of drug-likeness (QED) is 0.846. The molecule has 4 nitrogen and oxygen atoms in total. The van der Waals surface area contributed by atoms with Crippen molar-refractivity contribution in [1.29, 1.82) is 0 Å². The summed E-state index contributed by atoms with van der Waals surface area (Å²) in [6.07, 6.45) is 6.33. The fourth-order valence-corrected chi connectivity index (χ4v) is 4.44. The Morgan fingerprint density at radius 1 is 1.35 bits per heavy atom. The smallest absolute Gasteiger partial charge is 0.238 e. The van der Waals surface area contributed by atoms with Crippen molar-refractivity contribution in [2.45, 2.75) is 44.6 Å². The van der Waals surface area contributed by atoms with Gasteiger partial charge < -0.3 is 10.6 Å². The van der Waals surface area contributed by atoms with Crippen molar-refractivity contribution in [3.8, 4) is 0 Å². The number of anilines is 1. The average Bonchev–Trinajstić information content (AvgIpc) is 2.53. The molecule has 0 atom stereocenters. The molecule has 1 saturated carbocycles. The second-order valence-electron chi connectivity index (χ2n) is 6.89. The minimum Gasteiger partial charge on any atom is -0.325 e. The molecule has 0 aromatic heterocycles. The predicted molar refractivity (Wildman–Crippen MR) is 97.8 cm³/mol. The monoisotopic (exact) mass is 379 g/mol. The molecule has 2 N–H and O–H groups in total. The number of piperazine rings is 1. The average molecular weight is 380 g/mol. The predicted octanol–water partition coefficient (Wildman–Crippen LogP) is 3.30. The van der Waals surface area contributed by atoms with Crippen LogP contribution in [0.1, 0.15) is 37.7 Å². The highest BCUT2D eigenvalue weighted by molar-refractivity contribution is 9.10. The summed E-state index contributed by atoms with van der Waals surface area (Å²) in [6.45, 7) is 5.49. The van der Waals surface area contributed by atoms with Crippen LogP contribution in [0.3, 0.4) is 0 Å². The molecular weight excluding hydrogens is 354 g/mol. The SMILES string of the molecule is Cc1cc(Br)ccc1NC(=O)CN1CCNCC12CCCCC2. The first-order chi connectivity index (χ1) is 11.1. The van der Waals surface area contributed by atoms with Gasteiger partial charge in [0, 0.05) is 35.3 Å². The van der Waals surface area contributed by atoms with Gasteiger partial charge in [-0.1, -0.05) is 35.2 Å². The van der Waals surface area contributed by atoms with Crippen LogP contribution in [0.5, 0.6) is 0 Å². The maximum atomic E-state index is 12.6. The Kier molecular flexibility index (Phi) is 5.39. The molecular formula is C18H26BrN3O. The molecule has 0 bridgehead atoms. The number of benzene rings is 1. The minimum atomic E-state index is 0.0993. The van der Waals surface area contributed by atoms with Crippen molar-refractivity contribution < 1.29 is 4.79 Å². The molecule has 0 radical (unpaired) electrons. The van der Waals surface area contributed by atoms with Crippen LogP contribution in [0, 0.1) is 6.92 Å². The van der Waals surface area contributed by atoms with E-state index in [-0.39, 0.29) is 11.4 Å². The largest absolute Gasteiger partial charge is 0.325 e. The molecule has 2 fully saturated rings. The molecule has 2 aliphatic rings. The fourth-order valence-electron chi connectivity index (χ4n) is 3.96. The van der Waals surface area contributed by atoms with Gasteiger partial charge in [-0.15, -0.1) is 0 Å². The Balaban J connectivity index is 1.65. The second kappa shape index (κ2) is 7.32. The molecule has 5 heteroatoms. The summed E-state index contributed by atoms with van der Waals surface area (Å²) in [6, 6.07) is 5.96. The van der Waals surface area contributed by atoms with Crippen LogP contribution in [0.25, 0.3) is 0 Å². The zero-order chi connectivity index (χ0) is 16.3. The lowest BCUT2D eigenvalue weighted by Gasteiger charge is -2.49. The van der Waals surface area contributed by atoms with Gasteiger partial charge in [0.2, 0.25) is 5.91 Å². The number of carbonyl (C=O) groups is 1. The Morgan fingerprint density at radius 2 is 2.13 bits per heavy atom. The van der Waals surface area contributed by atoms with E-state index in [4.69, 9.17) is 0 Å². The van der Waals surface area contributed by atoms with Crippen molar-refractivity contribution in [2.75, 3.05) is 31.5 Å². The normalized spacial score (nSPS) is 21.3. The van der Waals surface area contributed by atoms with E-state index in [9.17, 15) is 4.79 Å². The molecule has 1 aromatic carbocycles. The van der Waals surface area contributed by atoms with Gasteiger partial charge >= 0.3 is 0 Å². The molecule has 0 unspecified atom stereocenters. The van der Waals surface area contributed by atoms with Crippen LogP contribution in [0.2, 0.25) is 0 Å². The molecule has 1 aliphatic carbocycles. The Labute approximate surface area is 147 Å². The summed E-state index contributed by atoms with van der Waals surface area (Å²) in [7, 11) is 0. The molecule has 1 amide bonds. The Bertz CT molecular complexity index is 561. The molecule has 1 saturated heterocycles.